The third-order valence-corrected chi connectivity index (χ3v) is 8.19. The van der Waals surface area contributed by atoms with Crippen LogP contribution in [0.15, 0.2) is 30.3 Å². The summed E-state index contributed by atoms with van der Waals surface area (Å²) < 4.78 is 14.8. The van der Waals surface area contributed by atoms with E-state index in [9.17, 15) is 18.8 Å². The van der Waals surface area contributed by atoms with Crippen molar-refractivity contribution in [1.29, 1.82) is 0 Å². The van der Waals surface area contributed by atoms with Crippen molar-refractivity contribution in [3.05, 3.63) is 47.5 Å². The van der Waals surface area contributed by atoms with Gasteiger partial charge in [0.25, 0.3) is 11.8 Å². The molecule has 1 N–H and O–H groups in total. The summed E-state index contributed by atoms with van der Waals surface area (Å²) in [6.45, 7) is 6.79. The van der Waals surface area contributed by atoms with Gasteiger partial charge >= 0.3 is 0 Å². The molecular weight excluding hydrogens is 487 g/mol. The maximum Gasteiger partial charge on any atom is 0.274 e. The van der Waals surface area contributed by atoms with E-state index in [1.54, 1.807) is 32.7 Å². The number of anilines is 1. The molecule has 5 rings (SSSR count). The average Bonchev–Trinajstić information content (AvgIpc) is 3.59. The van der Waals surface area contributed by atoms with Crippen LogP contribution in [0.1, 0.15) is 73.3 Å². The van der Waals surface area contributed by atoms with Crippen LogP contribution >= 0.6 is 0 Å². The highest BCUT2D eigenvalue weighted by atomic mass is 19.1. The summed E-state index contributed by atoms with van der Waals surface area (Å²) in [5.74, 6) is -0.918. The number of aromatic nitrogens is 2. The minimum Gasteiger partial charge on any atom is -0.368 e. The fourth-order valence-corrected chi connectivity index (χ4v) is 5.80. The van der Waals surface area contributed by atoms with E-state index in [1.165, 1.54) is 12.1 Å². The number of benzene rings is 1. The van der Waals surface area contributed by atoms with Gasteiger partial charge in [0.05, 0.1) is 6.54 Å². The Kier molecular flexibility index (Phi) is 7.40. The number of rotatable bonds is 7. The van der Waals surface area contributed by atoms with Crippen LogP contribution in [0.25, 0.3) is 0 Å². The first-order valence-electron chi connectivity index (χ1n) is 13.8. The van der Waals surface area contributed by atoms with Crippen LogP contribution in [0.4, 0.5) is 10.1 Å². The van der Waals surface area contributed by atoms with Gasteiger partial charge in [-0.3, -0.25) is 19.1 Å². The normalized spacial score (nSPS) is 22.1. The number of carbonyl (C=O) groups excluding carboxylic acids is 3. The third-order valence-electron chi connectivity index (χ3n) is 8.19. The fraction of sp³-hybridized carbons (Fsp3) is 0.571. The Hall–Kier alpha value is -3.43. The third kappa shape index (κ3) is 5.00. The Balaban J connectivity index is 1.32. The van der Waals surface area contributed by atoms with E-state index >= 15 is 0 Å². The van der Waals surface area contributed by atoms with Gasteiger partial charge in [-0.2, -0.15) is 5.10 Å². The minimum absolute atomic E-state index is 0.146. The molecule has 3 heterocycles. The molecule has 2 aromatic rings. The first-order valence-corrected chi connectivity index (χ1v) is 13.8. The molecule has 1 saturated heterocycles. The molecule has 1 saturated carbocycles. The molecule has 2 fully saturated rings. The first kappa shape index (κ1) is 26.2. The van der Waals surface area contributed by atoms with Gasteiger partial charge < -0.3 is 20.0 Å². The zero-order chi connectivity index (χ0) is 26.9. The molecule has 38 heavy (non-hydrogen) atoms. The lowest BCUT2D eigenvalue weighted by Crippen LogP contribution is -2.65. The number of nitrogens with zero attached hydrogens (tertiary/aromatic N) is 5. The molecule has 3 aliphatic rings. The van der Waals surface area contributed by atoms with Gasteiger partial charge in [0.15, 0.2) is 5.69 Å². The largest absolute Gasteiger partial charge is 0.368 e. The summed E-state index contributed by atoms with van der Waals surface area (Å²) in [6, 6.07) is 8.07. The number of amides is 3. The van der Waals surface area contributed by atoms with E-state index in [4.69, 9.17) is 0 Å². The van der Waals surface area contributed by atoms with Crippen LogP contribution in [0.2, 0.25) is 0 Å². The lowest BCUT2D eigenvalue weighted by molar-refractivity contribution is -0.133. The number of fused-ring (bicyclic) bond motifs is 1. The maximum atomic E-state index is 13.6. The summed E-state index contributed by atoms with van der Waals surface area (Å²) in [6.07, 6.45) is 5.82. The number of hydrogen-bond acceptors (Lipinski definition) is 5. The lowest BCUT2D eigenvalue weighted by atomic mass is 9.94. The fourth-order valence-electron chi connectivity index (χ4n) is 5.80. The van der Waals surface area contributed by atoms with Crippen LogP contribution in [0.5, 0.6) is 0 Å². The number of halogens is 1. The summed E-state index contributed by atoms with van der Waals surface area (Å²) in [5.41, 5.74) is 0.415. The summed E-state index contributed by atoms with van der Waals surface area (Å²) >= 11 is 0. The van der Waals surface area contributed by atoms with Crippen LogP contribution in [-0.2, 0) is 11.3 Å². The Bertz CT molecular complexity index is 1180. The smallest absolute Gasteiger partial charge is 0.274 e. The predicted octanol–water partition coefficient (Wildman–Crippen LogP) is 3.06. The highest BCUT2D eigenvalue weighted by Crippen LogP contribution is 2.30. The SMILES string of the molecule is CCCCN1C(=O)c2cc(C(=O)N3CCN(c4ccc(F)cc4)CC3)nn2C[C@]1(C)C(=O)NC1CCCC1. The summed E-state index contributed by atoms with van der Waals surface area (Å²) in [5, 5.41) is 7.70. The Morgan fingerprint density at radius 3 is 2.45 bits per heavy atom. The zero-order valence-corrected chi connectivity index (χ0v) is 22.3. The van der Waals surface area contributed by atoms with E-state index in [0.717, 1.165) is 44.2 Å². The van der Waals surface area contributed by atoms with Crippen molar-refractivity contribution in [3.63, 3.8) is 0 Å². The number of piperazine rings is 1. The molecule has 0 bridgehead atoms. The van der Waals surface area contributed by atoms with Gasteiger partial charge in [-0.1, -0.05) is 26.2 Å². The Morgan fingerprint density at radius 1 is 1.11 bits per heavy atom. The minimum atomic E-state index is -1.07. The van der Waals surface area contributed by atoms with Crippen molar-refractivity contribution in [1.82, 2.24) is 24.9 Å². The maximum absolute atomic E-state index is 13.6. The number of hydrogen-bond donors (Lipinski definition) is 1. The second kappa shape index (κ2) is 10.7. The zero-order valence-electron chi connectivity index (χ0n) is 22.3. The second-order valence-electron chi connectivity index (χ2n) is 10.9. The van der Waals surface area contributed by atoms with Crippen molar-refractivity contribution in [2.75, 3.05) is 37.6 Å². The molecule has 1 aromatic heterocycles. The predicted molar refractivity (Wildman–Crippen MR) is 141 cm³/mol. The highest BCUT2D eigenvalue weighted by molar-refractivity contribution is 6.02. The van der Waals surface area contributed by atoms with E-state index in [-0.39, 0.29) is 41.8 Å². The molecule has 3 amide bonds. The highest BCUT2D eigenvalue weighted by Gasteiger charge is 2.48. The van der Waals surface area contributed by atoms with Crippen molar-refractivity contribution in [3.8, 4) is 0 Å². The van der Waals surface area contributed by atoms with Crippen LogP contribution < -0.4 is 10.2 Å². The van der Waals surface area contributed by atoms with Crippen LogP contribution in [-0.4, -0.2) is 81.6 Å². The van der Waals surface area contributed by atoms with Gasteiger partial charge in [-0.05, 0) is 50.5 Å². The van der Waals surface area contributed by atoms with Crippen LogP contribution in [0, 0.1) is 5.82 Å². The van der Waals surface area contributed by atoms with E-state index in [0.29, 0.717) is 38.4 Å². The summed E-state index contributed by atoms with van der Waals surface area (Å²) in [7, 11) is 0. The second-order valence-corrected chi connectivity index (χ2v) is 10.9. The quantitative estimate of drug-likeness (QED) is 0.601. The van der Waals surface area contributed by atoms with Crippen molar-refractivity contribution >= 4 is 23.4 Å². The van der Waals surface area contributed by atoms with Gasteiger partial charge in [-0.15, -0.1) is 0 Å². The van der Waals surface area contributed by atoms with Crippen LogP contribution in [0.3, 0.4) is 0 Å². The molecule has 1 atom stereocenters. The monoisotopic (exact) mass is 524 g/mol. The Labute approximate surface area is 222 Å². The molecule has 0 spiro atoms. The molecular formula is C28H37FN6O3. The molecule has 10 heteroatoms. The Morgan fingerprint density at radius 2 is 1.79 bits per heavy atom. The van der Waals surface area contributed by atoms with Crippen molar-refractivity contribution < 1.29 is 18.8 Å². The number of nitrogens with one attached hydrogen (secondary N) is 1. The molecule has 1 aromatic carbocycles. The molecule has 2 aliphatic heterocycles. The van der Waals surface area contributed by atoms with Gasteiger partial charge in [0, 0.05) is 50.5 Å². The number of carbonyl (C=O) groups is 3. The molecule has 0 unspecified atom stereocenters. The van der Waals surface area contributed by atoms with Gasteiger partial charge in [-0.25, -0.2) is 4.39 Å². The average molecular weight is 525 g/mol. The molecule has 0 radical (unpaired) electrons. The van der Waals surface area contributed by atoms with Gasteiger partial charge in [0.2, 0.25) is 5.91 Å². The van der Waals surface area contributed by atoms with Crippen molar-refractivity contribution in [2.24, 2.45) is 0 Å². The topological polar surface area (TPSA) is 90.8 Å². The van der Waals surface area contributed by atoms with E-state index in [2.05, 4.69) is 22.2 Å². The number of unbranched alkanes of at least 4 members (excludes halogenated alkanes) is 1. The molecule has 204 valence electrons. The van der Waals surface area contributed by atoms with E-state index in [1.807, 2.05) is 6.92 Å². The van der Waals surface area contributed by atoms with E-state index < -0.39 is 5.54 Å². The molecule has 9 nitrogen and oxygen atoms in total. The van der Waals surface area contributed by atoms with Crippen molar-refractivity contribution in [2.45, 2.75) is 70.5 Å². The first-order chi connectivity index (χ1) is 18.3. The lowest BCUT2D eigenvalue weighted by Gasteiger charge is -2.43. The van der Waals surface area contributed by atoms with Gasteiger partial charge in [0.1, 0.15) is 17.1 Å². The summed E-state index contributed by atoms with van der Waals surface area (Å²) in [4.78, 5) is 46.0. The molecule has 1 aliphatic carbocycles. The standard InChI is InChI=1S/C28H37FN6O3/c1-3-4-13-34-26(37)24-18-23(31-35(24)19-28(34,2)27(38)30-21-7-5-6-8-21)25(36)33-16-14-32(15-17-33)22-11-9-20(29)10-12-22/h9-12,18,21H,3-8,13-17,19H2,1-2H3,(H,30,38)/t28-/m1/s1.